The fourth-order valence-electron chi connectivity index (χ4n) is 4.22. The average molecular weight is 499 g/mol. The van der Waals surface area contributed by atoms with Gasteiger partial charge in [0.25, 0.3) is 0 Å². The van der Waals surface area contributed by atoms with Crippen LogP contribution in [-0.2, 0) is 15.6 Å². The monoisotopic (exact) mass is 498 g/mol. The van der Waals surface area contributed by atoms with Gasteiger partial charge in [-0.1, -0.05) is 24.3 Å². The van der Waals surface area contributed by atoms with Crippen molar-refractivity contribution in [2.45, 2.75) is 10.6 Å². The fraction of sp³-hybridized carbons (Fsp3) is 0.261. The number of nitrogens with one attached hydrogen (secondary N) is 1. The zero-order chi connectivity index (χ0) is 21.6. The molecule has 5 rings (SSSR count). The smallest absolute Gasteiger partial charge is 0.182 e. The quantitative estimate of drug-likeness (QED) is 0.456. The molecular weight excluding hydrogens is 476 g/mol. The highest BCUT2D eigenvalue weighted by Gasteiger charge is 2.22. The van der Waals surface area contributed by atoms with Crippen molar-refractivity contribution in [3.8, 4) is 0 Å². The van der Waals surface area contributed by atoms with Crippen LogP contribution in [0, 0.1) is 0 Å². The number of likely N-dealkylation sites (N-methyl/N-ethyl adjacent to an activating group) is 1. The van der Waals surface area contributed by atoms with Crippen molar-refractivity contribution >= 4 is 53.4 Å². The van der Waals surface area contributed by atoms with Crippen LogP contribution >= 0.6 is 15.9 Å². The first kappa shape index (κ1) is 20.5. The second kappa shape index (κ2) is 7.93. The van der Waals surface area contributed by atoms with Gasteiger partial charge < -0.3 is 14.8 Å². The van der Waals surface area contributed by atoms with Gasteiger partial charge in [0.1, 0.15) is 5.65 Å². The molecular formula is C23H23BrN4O2S. The SMILES string of the molecule is CN1CCN(c2c(Br)cnc3[nH]c4ccc(CS(=O)(=O)c5ccccc5)cc4c23)CC1. The van der Waals surface area contributed by atoms with Crippen LogP contribution in [0.5, 0.6) is 0 Å². The highest BCUT2D eigenvalue weighted by Crippen LogP contribution is 2.38. The Hall–Kier alpha value is -2.42. The Morgan fingerprint density at radius 2 is 1.81 bits per heavy atom. The second-order valence-corrected chi connectivity index (χ2v) is 10.9. The second-order valence-electron chi connectivity index (χ2n) is 8.05. The summed E-state index contributed by atoms with van der Waals surface area (Å²) in [5.74, 6) is -0.0368. The topological polar surface area (TPSA) is 69.3 Å². The molecule has 1 aliphatic heterocycles. The molecule has 31 heavy (non-hydrogen) atoms. The largest absolute Gasteiger partial charge is 0.367 e. The number of hydrogen-bond donors (Lipinski definition) is 1. The number of anilines is 1. The number of sulfone groups is 1. The Bertz CT molecular complexity index is 1360. The van der Waals surface area contributed by atoms with Crippen molar-refractivity contribution in [2.75, 3.05) is 38.1 Å². The Morgan fingerprint density at radius 1 is 1.06 bits per heavy atom. The van der Waals surface area contributed by atoms with Gasteiger partial charge in [-0.2, -0.15) is 0 Å². The first-order chi connectivity index (χ1) is 14.9. The summed E-state index contributed by atoms with van der Waals surface area (Å²) in [6.07, 6.45) is 1.84. The maximum absolute atomic E-state index is 12.9. The molecule has 0 bridgehead atoms. The minimum atomic E-state index is -3.41. The molecule has 1 aliphatic rings. The molecule has 0 atom stereocenters. The lowest BCUT2D eigenvalue weighted by Crippen LogP contribution is -2.44. The number of fused-ring (bicyclic) bond motifs is 3. The molecule has 1 fully saturated rings. The average Bonchev–Trinajstić information content (AvgIpc) is 3.13. The van der Waals surface area contributed by atoms with Crippen molar-refractivity contribution in [1.82, 2.24) is 14.9 Å². The number of benzene rings is 2. The van der Waals surface area contributed by atoms with Gasteiger partial charge in [-0.15, -0.1) is 0 Å². The number of nitrogens with zero attached hydrogens (tertiary/aromatic N) is 3. The lowest BCUT2D eigenvalue weighted by molar-refractivity contribution is 0.313. The predicted molar refractivity (Wildman–Crippen MR) is 128 cm³/mol. The predicted octanol–water partition coefficient (Wildman–Crippen LogP) is 4.20. The molecule has 0 radical (unpaired) electrons. The zero-order valence-electron chi connectivity index (χ0n) is 17.2. The van der Waals surface area contributed by atoms with Crippen molar-refractivity contribution in [1.29, 1.82) is 0 Å². The lowest BCUT2D eigenvalue weighted by atomic mass is 10.1. The van der Waals surface area contributed by atoms with E-state index in [1.807, 2.05) is 30.5 Å². The molecule has 1 N–H and O–H groups in total. The van der Waals surface area contributed by atoms with Crippen molar-refractivity contribution in [2.24, 2.45) is 0 Å². The number of aromatic amines is 1. The third-order valence-electron chi connectivity index (χ3n) is 5.89. The van der Waals surface area contributed by atoms with Gasteiger partial charge in [0, 0.05) is 43.3 Å². The summed E-state index contributed by atoms with van der Waals surface area (Å²) in [5.41, 5.74) is 3.65. The zero-order valence-corrected chi connectivity index (χ0v) is 19.6. The highest BCUT2D eigenvalue weighted by atomic mass is 79.9. The first-order valence-corrected chi connectivity index (χ1v) is 12.7. The molecule has 0 aliphatic carbocycles. The number of rotatable bonds is 4. The molecule has 0 amide bonds. The van der Waals surface area contributed by atoms with Gasteiger partial charge in [-0.3, -0.25) is 0 Å². The van der Waals surface area contributed by atoms with E-state index in [4.69, 9.17) is 0 Å². The van der Waals surface area contributed by atoms with Crippen LogP contribution in [0.4, 0.5) is 5.69 Å². The Balaban J connectivity index is 1.61. The van der Waals surface area contributed by atoms with Gasteiger partial charge in [0.15, 0.2) is 9.84 Å². The van der Waals surface area contributed by atoms with Crippen molar-refractivity contribution < 1.29 is 8.42 Å². The van der Waals surface area contributed by atoms with E-state index in [2.05, 4.69) is 42.7 Å². The molecule has 8 heteroatoms. The third kappa shape index (κ3) is 3.84. The number of aromatic nitrogens is 2. The van der Waals surface area contributed by atoms with Crippen LogP contribution in [0.3, 0.4) is 0 Å². The van der Waals surface area contributed by atoms with E-state index in [0.29, 0.717) is 4.90 Å². The van der Waals surface area contributed by atoms with E-state index in [1.165, 1.54) is 0 Å². The molecule has 4 aromatic rings. The van der Waals surface area contributed by atoms with Crippen LogP contribution in [-0.4, -0.2) is 56.5 Å². The van der Waals surface area contributed by atoms with Crippen LogP contribution in [0.15, 0.2) is 64.1 Å². The van der Waals surface area contributed by atoms with Crippen LogP contribution < -0.4 is 4.90 Å². The Morgan fingerprint density at radius 3 is 2.55 bits per heavy atom. The highest BCUT2D eigenvalue weighted by molar-refractivity contribution is 9.10. The van der Waals surface area contributed by atoms with Gasteiger partial charge >= 0.3 is 0 Å². The summed E-state index contributed by atoms with van der Waals surface area (Å²) in [5, 5.41) is 2.03. The van der Waals surface area contributed by atoms with Crippen molar-refractivity contribution in [3.05, 3.63) is 64.8 Å². The molecule has 1 saturated heterocycles. The number of piperazine rings is 1. The lowest BCUT2D eigenvalue weighted by Gasteiger charge is -2.35. The summed E-state index contributed by atoms with van der Waals surface area (Å²) in [7, 11) is -1.28. The molecule has 2 aromatic heterocycles. The summed E-state index contributed by atoms with van der Waals surface area (Å²) in [4.78, 5) is 13.0. The van der Waals surface area contributed by atoms with E-state index in [-0.39, 0.29) is 5.75 Å². The van der Waals surface area contributed by atoms with Crippen molar-refractivity contribution in [3.63, 3.8) is 0 Å². The minimum absolute atomic E-state index is 0.0368. The van der Waals surface area contributed by atoms with E-state index in [1.54, 1.807) is 24.3 Å². The maximum Gasteiger partial charge on any atom is 0.182 e. The van der Waals surface area contributed by atoms with E-state index in [0.717, 1.165) is 63.8 Å². The van der Waals surface area contributed by atoms with E-state index in [9.17, 15) is 8.42 Å². The maximum atomic E-state index is 12.9. The molecule has 2 aromatic carbocycles. The number of H-pyrrole nitrogens is 1. The van der Waals surface area contributed by atoms with Crippen LogP contribution in [0.25, 0.3) is 21.9 Å². The summed E-state index contributed by atoms with van der Waals surface area (Å²) >= 11 is 3.71. The van der Waals surface area contributed by atoms with Gasteiger partial charge in [0.05, 0.1) is 26.2 Å². The number of halogens is 1. The van der Waals surface area contributed by atoms with Gasteiger partial charge in [-0.25, -0.2) is 13.4 Å². The van der Waals surface area contributed by atoms with Gasteiger partial charge in [0.2, 0.25) is 0 Å². The standard InChI is InChI=1S/C23H23BrN4O2S/c1-27-9-11-28(12-10-27)22-19(24)14-25-23-21(22)18-13-16(7-8-20(18)26-23)15-31(29,30)17-5-3-2-4-6-17/h2-8,13-14H,9-12,15H2,1H3,(H,25,26). The molecule has 0 unspecified atom stereocenters. The van der Waals surface area contributed by atoms with Gasteiger partial charge in [-0.05, 0) is 52.8 Å². The summed E-state index contributed by atoms with van der Waals surface area (Å²) in [6.45, 7) is 3.87. The Labute approximate surface area is 189 Å². The molecule has 6 nitrogen and oxygen atoms in total. The number of pyridine rings is 1. The summed E-state index contributed by atoms with van der Waals surface area (Å²) in [6, 6.07) is 14.4. The normalized spacial score (nSPS) is 15.7. The third-order valence-corrected chi connectivity index (χ3v) is 8.18. The van der Waals surface area contributed by atoms with Crippen LogP contribution in [0.2, 0.25) is 0 Å². The molecule has 0 saturated carbocycles. The number of hydrogen-bond acceptors (Lipinski definition) is 5. The fourth-order valence-corrected chi connectivity index (χ4v) is 6.13. The van der Waals surface area contributed by atoms with E-state index >= 15 is 0 Å². The van der Waals surface area contributed by atoms with E-state index < -0.39 is 9.84 Å². The minimum Gasteiger partial charge on any atom is -0.367 e. The molecule has 160 valence electrons. The summed E-state index contributed by atoms with van der Waals surface area (Å²) < 4.78 is 26.7. The molecule has 3 heterocycles. The molecule has 0 spiro atoms. The van der Waals surface area contributed by atoms with Crippen LogP contribution in [0.1, 0.15) is 5.56 Å². The Kier molecular flexibility index (Phi) is 5.24. The first-order valence-electron chi connectivity index (χ1n) is 10.2.